The Morgan fingerprint density at radius 1 is 1.58 bits per heavy atom. The molecule has 0 amide bonds. The maximum Gasteiger partial charge on any atom is 0.230 e. The Bertz CT molecular complexity index is 312. The standard InChI is InChI=1S/C8H11N2OP/c1-7-4-3-5-8(6-7)11-12(9)10-2/h3-6,9,12H,2H2,1H3. The number of rotatable bonds is 3. The Kier molecular flexibility index (Phi) is 3.06. The van der Waals surface area contributed by atoms with E-state index in [4.69, 9.17) is 9.69 Å². The summed E-state index contributed by atoms with van der Waals surface area (Å²) in [5.74, 6) is 0.700. The Labute approximate surface area is 72.5 Å². The highest BCUT2D eigenvalue weighted by Crippen LogP contribution is 2.27. The van der Waals surface area contributed by atoms with Gasteiger partial charge in [-0.3, -0.25) is 5.16 Å². The van der Waals surface area contributed by atoms with Gasteiger partial charge in [-0.25, -0.2) is 4.76 Å². The number of nitrogens with one attached hydrogen (secondary N) is 1. The summed E-state index contributed by atoms with van der Waals surface area (Å²) >= 11 is 0. The van der Waals surface area contributed by atoms with Gasteiger partial charge in [-0.15, -0.1) is 0 Å². The molecule has 1 rings (SSSR count). The number of hydrogen-bond acceptors (Lipinski definition) is 2. The third kappa shape index (κ3) is 2.51. The summed E-state index contributed by atoms with van der Waals surface area (Å²) in [7, 11) is -1.83. The molecule has 1 unspecified atom stereocenters. The van der Waals surface area contributed by atoms with Crippen molar-refractivity contribution in [2.24, 2.45) is 4.76 Å². The summed E-state index contributed by atoms with van der Waals surface area (Å²) < 4.78 is 8.69. The lowest BCUT2D eigenvalue weighted by molar-refractivity contribution is 0.620. The van der Waals surface area contributed by atoms with Gasteiger partial charge in [0.2, 0.25) is 8.09 Å². The van der Waals surface area contributed by atoms with Crippen molar-refractivity contribution in [3.05, 3.63) is 29.8 Å². The van der Waals surface area contributed by atoms with Crippen LogP contribution in [0.25, 0.3) is 0 Å². The molecule has 1 aromatic rings. The van der Waals surface area contributed by atoms with Crippen molar-refractivity contribution in [3.63, 3.8) is 0 Å². The summed E-state index contributed by atoms with van der Waals surface area (Å²) in [6.45, 7) is 5.24. The first-order valence-corrected chi connectivity index (χ1v) is 4.87. The van der Waals surface area contributed by atoms with E-state index in [0.717, 1.165) is 5.56 Å². The number of aryl methyl sites for hydroxylation is 1. The molecule has 0 aliphatic carbocycles. The zero-order valence-electron chi connectivity index (χ0n) is 6.87. The fourth-order valence-electron chi connectivity index (χ4n) is 0.823. The molecule has 3 nitrogen and oxygen atoms in total. The van der Waals surface area contributed by atoms with Gasteiger partial charge < -0.3 is 4.52 Å². The second kappa shape index (κ2) is 4.07. The van der Waals surface area contributed by atoms with E-state index in [9.17, 15) is 0 Å². The molecule has 0 spiro atoms. The zero-order valence-corrected chi connectivity index (χ0v) is 7.87. The lowest BCUT2D eigenvalue weighted by Gasteiger charge is -2.03. The molecule has 0 radical (unpaired) electrons. The molecule has 0 saturated heterocycles. The monoisotopic (exact) mass is 182 g/mol. The van der Waals surface area contributed by atoms with Gasteiger partial charge in [0.25, 0.3) is 0 Å². The van der Waals surface area contributed by atoms with Crippen molar-refractivity contribution >= 4 is 14.8 Å². The van der Waals surface area contributed by atoms with Crippen LogP contribution >= 0.6 is 8.09 Å². The highest BCUT2D eigenvalue weighted by molar-refractivity contribution is 7.39. The highest BCUT2D eigenvalue weighted by atomic mass is 31.1. The van der Waals surface area contributed by atoms with Crippen molar-refractivity contribution in [1.82, 2.24) is 0 Å². The summed E-state index contributed by atoms with van der Waals surface area (Å²) in [6, 6.07) is 7.56. The smallest absolute Gasteiger partial charge is 0.230 e. The Morgan fingerprint density at radius 3 is 2.92 bits per heavy atom. The Balaban J connectivity index is 2.76. The quantitative estimate of drug-likeness (QED) is 0.567. The van der Waals surface area contributed by atoms with Crippen LogP contribution < -0.4 is 4.52 Å². The molecule has 64 valence electrons. The molecule has 1 aromatic carbocycles. The molecule has 0 heterocycles. The second-order valence-corrected chi connectivity index (χ2v) is 3.51. The van der Waals surface area contributed by atoms with E-state index >= 15 is 0 Å². The van der Waals surface area contributed by atoms with Crippen LogP contribution in [0.5, 0.6) is 5.75 Å². The Morgan fingerprint density at radius 2 is 2.33 bits per heavy atom. The minimum atomic E-state index is -1.83. The van der Waals surface area contributed by atoms with Gasteiger partial charge >= 0.3 is 0 Å². The van der Waals surface area contributed by atoms with Crippen LogP contribution in [0.3, 0.4) is 0 Å². The molecular formula is C8H11N2OP. The van der Waals surface area contributed by atoms with E-state index in [-0.39, 0.29) is 0 Å². The van der Waals surface area contributed by atoms with Crippen LogP contribution in [0.2, 0.25) is 0 Å². The first kappa shape index (κ1) is 9.01. The van der Waals surface area contributed by atoms with Crippen LogP contribution in [-0.4, -0.2) is 6.72 Å². The largest absolute Gasteiger partial charge is 0.444 e. The minimum absolute atomic E-state index is 0.700. The molecule has 0 fully saturated rings. The van der Waals surface area contributed by atoms with Crippen molar-refractivity contribution in [1.29, 1.82) is 5.16 Å². The molecule has 0 saturated carbocycles. The van der Waals surface area contributed by atoms with Crippen molar-refractivity contribution in [2.75, 3.05) is 0 Å². The topological polar surface area (TPSA) is 45.4 Å². The van der Waals surface area contributed by atoms with E-state index < -0.39 is 8.09 Å². The molecule has 0 aliphatic heterocycles. The Hall–Kier alpha value is -1.08. The average molecular weight is 182 g/mol. The third-order valence-electron chi connectivity index (χ3n) is 1.35. The van der Waals surface area contributed by atoms with E-state index in [1.165, 1.54) is 0 Å². The second-order valence-electron chi connectivity index (χ2n) is 2.38. The maximum atomic E-state index is 7.28. The van der Waals surface area contributed by atoms with Crippen molar-refractivity contribution in [2.45, 2.75) is 6.92 Å². The van der Waals surface area contributed by atoms with E-state index in [2.05, 4.69) is 11.5 Å². The molecular weight excluding hydrogens is 171 g/mol. The van der Waals surface area contributed by atoms with E-state index in [1.807, 2.05) is 31.2 Å². The average Bonchev–Trinajstić information content (AvgIpc) is 2.04. The molecule has 4 heteroatoms. The molecule has 1 atom stereocenters. The van der Waals surface area contributed by atoms with Crippen LogP contribution in [0.1, 0.15) is 5.56 Å². The SMILES string of the molecule is C=N[PH](=N)Oc1cccc(C)c1. The molecule has 12 heavy (non-hydrogen) atoms. The number of benzene rings is 1. The van der Waals surface area contributed by atoms with Gasteiger partial charge in [0, 0.05) is 0 Å². The summed E-state index contributed by atoms with van der Waals surface area (Å²) in [5, 5.41) is 7.28. The molecule has 0 aromatic heterocycles. The summed E-state index contributed by atoms with van der Waals surface area (Å²) in [6.07, 6.45) is 0. The van der Waals surface area contributed by atoms with E-state index in [0.29, 0.717) is 5.75 Å². The van der Waals surface area contributed by atoms with Gasteiger partial charge in [0.1, 0.15) is 5.75 Å². The fraction of sp³-hybridized carbons (Fsp3) is 0.125. The summed E-state index contributed by atoms with van der Waals surface area (Å²) in [5.41, 5.74) is 1.12. The predicted molar refractivity (Wildman–Crippen MR) is 52.4 cm³/mol. The van der Waals surface area contributed by atoms with Gasteiger partial charge in [-0.2, -0.15) is 0 Å². The number of nitrogens with zero attached hydrogens (tertiary/aromatic N) is 1. The number of hydrogen-bond donors (Lipinski definition) is 1. The minimum Gasteiger partial charge on any atom is -0.444 e. The maximum absolute atomic E-state index is 7.28. The fourth-order valence-corrected chi connectivity index (χ4v) is 1.24. The van der Waals surface area contributed by atoms with Crippen LogP contribution in [0, 0.1) is 12.1 Å². The normalized spacial score (nSPS) is 12.1. The van der Waals surface area contributed by atoms with Crippen LogP contribution in [0.15, 0.2) is 29.0 Å². The van der Waals surface area contributed by atoms with Gasteiger partial charge in [0.05, 0.1) is 0 Å². The van der Waals surface area contributed by atoms with Gasteiger partial charge in [-0.05, 0) is 31.3 Å². The third-order valence-corrected chi connectivity index (χ3v) is 2.06. The molecule has 0 aliphatic rings. The van der Waals surface area contributed by atoms with E-state index in [1.54, 1.807) is 0 Å². The molecule has 0 bridgehead atoms. The van der Waals surface area contributed by atoms with Crippen LogP contribution in [-0.2, 0) is 0 Å². The van der Waals surface area contributed by atoms with Crippen molar-refractivity contribution < 1.29 is 4.52 Å². The lowest BCUT2D eigenvalue weighted by atomic mass is 10.2. The first-order valence-electron chi connectivity index (χ1n) is 3.52. The first-order chi connectivity index (χ1) is 5.72. The van der Waals surface area contributed by atoms with Crippen molar-refractivity contribution in [3.8, 4) is 5.75 Å². The zero-order chi connectivity index (χ0) is 8.97. The van der Waals surface area contributed by atoms with Gasteiger partial charge in [0.15, 0.2) is 0 Å². The van der Waals surface area contributed by atoms with Gasteiger partial charge in [-0.1, -0.05) is 12.1 Å². The predicted octanol–water partition coefficient (Wildman–Crippen LogP) is 2.88. The highest BCUT2D eigenvalue weighted by Gasteiger charge is 1.93. The summed E-state index contributed by atoms with van der Waals surface area (Å²) in [4.78, 5) is 0. The van der Waals surface area contributed by atoms with Crippen LogP contribution in [0.4, 0.5) is 0 Å². The lowest BCUT2D eigenvalue weighted by Crippen LogP contribution is -1.79. The molecule has 1 N–H and O–H groups in total.